The first-order valence-electron chi connectivity index (χ1n) is 11.1. The van der Waals surface area contributed by atoms with Gasteiger partial charge in [-0.2, -0.15) is 0 Å². The maximum absolute atomic E-state index is 13.0. The lowest BCUT2D eigenvalue weighted by Crippen LogP contribution is -2.31. The zero-order valence-electron chi connectivity index (χ0n) is 18.5. The van der Waals surface area contributed by atoms with Crippen LogP contribution in [-0.2, 0) is 17.8 Å². The van der Waals surface area contributed by atoms with Gasteiger partial charge in [0.25, 0.3) is 11.1 Å². The Morgan fingerprint density at radius 1 is 0.909 bits per heavy atom. The molecule has 5 nitrogen and oxygen atoms in total. The van der Waals surface area contributed by atoms with Gasteiger partial charge >= 0.3 is 0 Å². The Kier molecular flexibility index (Phi) is 7.25. The van der Waals surface area contributed by atoms with Gasteiger partial charge in [-0.3, -0.25) is 19.7 Å². The molecule has 0 aliphatic carbocycles. The second kappa shape index (κ2) is 10.5. The molecule has 4 rings (SSSR count). The Hall–Kier alpha value is -3.38. The number of amides is 3. The normalized spacial score (nSPS) is 15.4. The Balaban J connectivity index is 1.47. The minimum Gasteiger partial charge on any atom is -0.334 e. The molecule has 1 atom stereocenters. The molecule has 1 aliphatic rings. The number of carbonyl (C=O) groups is 3. The fourth-order valence-electron chi connectivity index (χ4n) is 3.93. The van der Waals surface area contributed by atoms with E-state index in [0.717, 1.165) is 40.4 Å². The Morgan fingerprint density at radius 3 is 2.33 bits per heavy atom. The van der Waals surface area contributed by atoms with Crippen LogP contribution in [0.3, 0.4) is 0 Å². The number of hydrogen-bond donors (Lipinski definition) is 1. The van der Waals surface area contributed by atoms with Gasteiger partial charge in [-0.05, 0) is 53.3 Å². The first kappa shape index (κ1) is 22.8. The predicted octanol–water partition coefficient (Wildman–Crippen LogP) is 5.30. The number of nitrogens with zero attached hydrogens (tertiary/aromatic N) is 1. The van der Waals surface area contributed by atoms with Crippen molar-refractivity contribution in [3.05, 3.63) is 95.6 Å². The Labute approximate surface area is 198 Å². The van der Waals surface area contributed by atoms with Crippen molar-refractivity contribution in [2.24, 2.45) is 0 Å². The lowest BCUT2D eigenvalue weighted by molar-refractivity contribution is -0.118. The largest absolute Gasteiger partial charge is 0.334 e. The van der Waals surface area contributed by atoms with Crippen LogP contribution in [0.4, 0.5) is 4.79 Å². The van der Waals surface area contributed by atoms with Gasteiger partial charge in [-0.1, -0.05) is 79.3 Å². The fourth-order valence-corrected chi connectivity index (χ4v) is 4.79. The van der Waals surface area contributed by atoms with Crippen molar-refractivity contribution in [2.75, 3.05) is 6.54 Å². The third kappa shape index (κ3) is 5.71. The average molecular weight is 459 g/mol. The first-order valence-corrected chi connectivity index (χ1v) is 12.0. The highest BCUT2D eigenvalue weighted by atomic mass is 32.2. The maximum Gasteiger partial charge on any atom is 0.286 e. The summed E-state index contributed by atoms with van der Waals surface area (Å²) in [5.41, 5.74) is 4.93. The van der Waals surface area contributed by atoms with Crippen molar-refractivity contribution in [3.8, 4) is 11.1 Å². The summed E-state index contributed by atoms with van der Waals surface area (Å²) in [4.78, 5) is 38.1. The number of carbonyl (C=O) groups excluding carboxylic acids is 3. The molecule has 1 fully saturated rings. The van der Waals surface area contributed by atoms with E-state index in [4.69, 9.17) is 0 Å². The summed E-state index contributed by atoms with van der Waals surface area (Å²) in [7, 11) is 0. The van der Waals surface area contributed by atoms with Crippen molar-refractivity contribution in [2.45, 2.75) is 31.6 Å². The van der Waals surface area contributed by atoms with Gasteiger partial charge in [-0.15, -0.1) is 0 Å². The number of hydrogen-bond acceptors (Lipinski definition) is 4. The molecule has 0 aromatic heterocycles. The van der Waals surface area contributed by atoms with E-state index in [1.54, 1.807) is 0 Å². The summed E-state index contributed by atoms with van der Waals surface area (Å²) in [5.74, 6) is -0.178. The molecule has 33 heavy (non-hydrogen) atoms. The van der Waals surface area contributed by atoms with Crippen LogP contribution in [0.25, 0.3) is 11.1 Å². The second-order valence-corrected chi connectivity index (χ2v) is 9.25. The molecule has 3 amide bonds. The zero-order valence-corrected chi connectivity index (χ0v) is 19.3. The topological polar surface area (TPSA) is 66.5 Å². The quantitative estimate of drug-likeness (QED) is 0.497. The number of nitrogens with one attached hydrogen (secondary N) is 1. The van der Waals surface area contributed by atoms with Gasteiger partial charge in [0.15, 0.2) is 0 Å². The smallest absolute Gasteiger partial charge is 0.286 e. The van der Waals surface area contributed by atoms with Crippen LogP contribution in [0.15, 0.2) is 78.9 Å². The molecule has 0 saturated carbocycles. The zero-order chi connectivity index (χ0) is 23.2. The van der Waals surface area contributed by atoms with Gasteiger partial charge in [0.1, 0.15) is 0 Å². The summed E-state index contributed by atoms with van der Waals surface area (Å²) < 4.78 is 0. The molecular formula is C27H26N2O3S. The van der Waals surface area contributed by atoms with Gasteiger partial charge in [-0.25, -0.2) is 0 Å². The van der Waals surface area contributed by atoms with Crippen LogP contribution >= 0.6 is 11.8 Å². The van der Waals surface area contributed by atoms with E-state index >= 15 is 0 Å². The molecule has 3 aromatic carbocycles. The van der Waals surface area contributed by atoms with E-state index in [0.29, 0.717) is 25.1 Å². The molecule has 6 heteroatoms. The van der Waals surface area contributed by atoms with E-state index < -0.39 is 0 Å². The fraction of sp³-hybridized carbons (Fsp3) is 0.222. The number of rotatable bonds is 8. The number of thioether (sulfide) groups is 1. The molecule has 0 bridgehead atoms. The number of benzene rings is 3. The van der Waals surface area contributed by atoms with Crippen LogP contribution in [0.2, 0.25) is 0 Å². The van der Waals surface area contributed by atoms with Gasteiger partial charge < -0.3 is 4.90 Å². The molecule has 1 unspecified atom stereocenters. The van der Waals surface area contributed by atoms with Crippen molar-refractivity contribution in [1.82, 2.24) is 10.2 Å². The summed E-state index contributed by atoms with van der Waals surface area (Å²) >= 11 is 1.05. The van der Waals surface area contributed by atoms with E-state index in [1.807, 2.05) is 71.6 Å². The van der Waals surface area contributed by atoms with E-state index in [9.17, 15) is 14.4 Å². The van der Waals surface area contributed by atoms with Crippen molar-refractivity contribution >= 4 is 28.8 Å². The highest BCUT2D eigenvalue weighted by Crippen LogP contribution is 2.26. The average Bonchev–Trinajstić information content (AvgIpc) is 3.16. The summed E-state index contributed by atoms with van der Waals surface area (Å²) in [6, 6.07) is 25.7. The predicted molar refractivity (Wildman–Crippen MR) is 132 cm³/mol. The molecule has 0 spiro atoms. The minimum absolute atomic E-state index is 0.0412. The summed E-state index contributed by atoms with van der Waals surface area (Å²) in [6.07, 6.45) is 1.42. The van der Waals surface area contributed by atoms with Gasteiger partial charge in [0.05, 0.1) is 5.25 Å². The second-order valence-electron chi connectivity index (χ2n) is 8.08. The third-order valence-corrected chi connectivity index (χ3v) is 6.56. The SMILES string of the molecule is CCCN(Cc1cccc(-c2ccc(CC3SC(=O)NC3=O)cc2)c1)C(=O)c1ccccc1. The van der Waals surface area contributed by atoms with Crippen LogP contribution < -0.4 is 5.32 Å². The summed E-state index contributed by atoms with van der Waals surface area (Å²) in [6.45, 7) is 3.32. The number of imide groups is 1. The van der Waals surface area contributed by atoms with Crippen molar-refractivity contribution in [1.29, 1.82) is 0 Å². The van der Waals surface area contributed by atoms with Crippen molar-refractivity contribution < 1.29 is 14.4 Å². The summed E-state index contributed by atoms with van der Waals surface area (Å²) in [5, 5.41) is 1.69. The lowest BCUT2D eigenvalue weighted by Gasteiger charge is -2.23. The van der Waals surface area contributed by atoms with Gasteiger partial charge in [0, 0.05) is 18.7 Å². The monoisotopic (exact) mass is 458 g/mol. The maximum atomic E-state index is 13.0. The molecule has 1 saturated heterocycles. The first-order chi connectivity index (χ1) is 16.0. The van der Waals surface area contributed by atoms with Crippen LogP contribution in [-0.4, -0.2) is 33.7 Å². The lowest BCUT2D eigenvalue weighted by atomic mass is 10.00. The third-order valence-electron chi connectivity index (χ3n) is 5.58. The van der Waals surface area contributed by atoms with E-state index in [-0.39, 0.29) is 22.3 Å². The van der Waals surface area contributed by atoms with Crippen LogP contribution in [0.5, 0.6) is 0 Å². The Morgan fingerprint density at radius 2 is 1.67 bits per heavy atom. The molecule has 0 radical (unpaired) electrons. The molecule has 1 aliphatic heterocycles. The van der Waals surface area contributed by atoms with Crippen LogP contribution in [0.1, 0.15) is 34.8 Å². The van der Waals surface area contributed by atoms with Crippen LogP contribution in [0, 0.1) is 0 Å². The van der Waals surface area contributed by atoms with E-state index in [1.165, 1.54) is 0 Å². The van der Waals surface area contributed by atoms with Gasteiger partial charge in [0.2, 0.25) is 5.91 Å². The molecular weight excluding hydrogens is 432 g/mol. The molecule has 1 heterocycles. The Bertz CT molecular complexity index is 1150. The molecule has 168 valence electrons. The minimum atomic E-state index is -0.363. The molecule has 3 aromatic rings. The highest BCUT2D eigenvalue weighted by Gasteiger charge is 2.31. The van der Waals surface area contributed by atoms with Crippen molar-refractivity contribution in [3.63, 3.8) is 0 Å². The van der Waals surface area contributed by atoms with E-state index in [2.05, 4.69) is 24.4 Å². The molecule has 1 N–H and O–H groups in total. The standard InChI is InChI=1S/C27H26N2O3S/c1-2-15-29(26(31)22-8-4-3-5-9-22)18-20-7-6-10-23(16-20)21-13-11-19(12-14-21)17-24-25(30)28-27(32)33-24/h3-14,16,24H,2,15,17-18H2,1H3,(H,28,30,32). The highest BCUT2D eigenvalue weighted by molar-refractivity contribution is 8.15.